The van der Waals surface area contributed by atoms with Gasteiger partial charge in [-0.1, -0.05) is 6.07 Å². The lowest BCUT2D eigenvalue weighted by atomic mass is 10.1. The molecule has 1 aromatic carbocycles. The molecule has 0 bridgehead atoms. The van der Waals surface area contributed by atoms with Gasteiger partial charge in [-0.05, 0) is 49.2 Å². The van der Waals surface area contributed by atoms with Crippen LogP contribution in [0.15, 0.2) is 42.6 Å². The first-order chi connectivity index (χ1) is 11.8. The minimum absolute atomic E-state index is 0.112. The third-order valence-electron chi connectivity index (χ3n) is 4.31. The molecule has 2 heterocycles. The van der Waals surface area contributed by atoms with E-state index < -0.39 is 10.0 Å². The maximum atomic E-state index is 12.7. The lowest BCUT2D eigenvalue weighted by Crippen LogP contribution is -2.34. The first-order valence-electron chi connectivity index (χ1n) is 8.05. The summed E-state index contributed by atoms with van der Waals surface area (Å²) < 4.78 is 25.4. The van der Waals surface area contributed by atoms with E-state index in [1.807, 2.05) is 25.1 Å². The average molecular weight is 359 g/mol. The first-order valence-corrected chi connectivity index (χ1v) is 9.90. The quantitative estimate of drug-likeness (QED) is 0.838. The standard InChI is InChI=1S/C18H21N3O3S/c1-13-10-15-11-14(7-8-17(15)21(13)25(3,23)24)18(22)20(2)12-16-6-4-5-9-19-16/h4-9,11,13H,10,12H2,1-3H3. The van der Waals surface area contributed by atoms with Crippen LogP contribution in [0.3, 0.4) is 0 Å². The molecule has 0 spiro atoms. The Bertz CT molecular complexity index is 897. The van der Waals surface area contributed by atoms with Crippen LogP contribution in [-0.4, -0.2) is 43.6 Å². The Morgan fingerprint density at radius 3 is 2.72 bits per heavy atom. The second kappa shape index (κ2) is 6.48. The number of carbonyl (C=O) groups excluding carboxylic acids is 1. The van der Waals surface area contributed by atoms with Gasteiger partial charge in [0, 0.05) is 24.8 Å². The van der Waals surface area contributed by atoms with Gasteiger partial charge in [-0.2, -0.15) is 0 Å². The van der Waals surface area contributed by atoms with Gasteiger partial charge >= 0.3 is 0 Å². The van der Waals surface area contributed by atoms with Crippen LogP contribution >= 0.6 is 0 Å². The van der Waals surface area contributed by atoms with Gasteiger partial charge in [0.2, 0.25) is 10.0 Å². The van der Waals surface area contributed by atoms with Crippen molar-refractivity contribution in [3.63, 3.8) is 0 Å². The number of amides is 1. The van der Waals surface area contributed by atoms with Gasteiger partial charge in [0.1, 0.15) is 0 Å². The number of benzene rings is 1. The second-order valence-corrected chi connectivity index (χ2v) is 8.30. The van der Waals surface area contributed by atoms with Crippen LogP contribution in [0.25, 0.3) is 0 Å². The zero-order valence-corrected chi connectivity index (χ0v) is 15.3. The molecule has 0 fully saturated rings. The summed E-state index contributed by atoms with van der Waals surface area (Å²) >= 11 is 0. The topological polar surface area (TPSA) is 70.6 Å². The molecule has 6 nitrogen and oxygen atoms in total. The molecule has 1 atom stereocenters. The minimum Gasteiger partial charge on any atom is -0.336 e. The van der Waals surface area contributed by atoms with Crippen molar-refractivity contribution >= 4 is 21.6 Å². The summed E-state index contributed by atoms with van der Waals surface area (Å²) in [7, 11) is -1.59. The number of nitrogens with zero attached hydrogens (tertiary/aromatic N) is 3. The number of pyridine rings is 1. The normalized spacial score (nSPS) is 16.6. The molecule has 0 radical (unpaired) electrons. The predicted octanol–water partition coefficient (Wildman–Crippen LogP) is 2.06. The Hall–Kier alpha value is -2.41. The monoisotopic (exact) mass is 359 g/mol. The van der Waals surface area contributed by atoms with E-state index in [9.17, 15) is 13.2 Å². The van der Waals surface area contributed by atoms with E-state index in [2.05, 4.69) is 4.98 Å². The molecule has 25 heavy (non-hydrogen) atoms. The van der Waals surface area contributed by atoms with Crippen molar-refractivity contribution in [1.29, 1.82) is 0 Å². The number of carbonyl (C=O) groups is 1. The molecule has 0 N–H and O–H groups in total. The van der Waals surface area contributed by atoms with Crippen LogP contribution in [0, 0.1) is 0 Å². The van der Waals surface area contributed by atoms with Crippen LogP contribution in [-0.2, 0) is 23.0 Å². The van der Waals surface area contributed by atoms with Crippen molar-refractivity contribution in [3.8, 4) is 0 Å². The van der Waals surface area contributed by atoms with Crippen molar-refractivity contribution < 1.29 is 13.2 Å². The Labute approximate surface area is 148 Å². The van der Waals surface area contributed by atoms with E-state index in [4.69, 9.17) is 0 Å². The zero-order valence-electron chi connectivity index (χ0n) is 14.5. The van der Waals surface area contributed by atoms with Gasteiger partial charge in [0.25, 0.3) is 5.91 Å². The zero-order chi connectivity index (χ0) is 18.2. The van der Waals surface area contributed by atoms with Crippen LogP contribution in [0.1, 0.15) is 28.5 Å². The van der Waals surface area contributed by atoms with Crippen LogP contribution in [0.2, 0.25) is 0 Å². The van der Waals surface area contributed by atoms with Crippen molar-refractivity contribution in [3.05, 3.63) is 59.4 Å². The molecule has 1 unspecified atom stereocenters. The molecule has 1 aliphatic rings. The first kappa shape index (κ1) is 17.4. The maximum absolute atomic E-state index is 12.7. The van der Waals surface area contributed by atoms with E-state index in [0.29, 0.717) is 24.2 Å². The number of fused-ring (bicyclic) bond motifs is 1. The van der Waals surface area contributed by atoms with Crippen LogP contribution < -0.4 is 4.31 Å². The van der Waals surface area contributed by atoms with E-state index >= 15 is 0 Å². The number of hydrogen-bond donors (Lipinski definition) is 0. The van der Waals surface area contributed by atoms with Gasteiger partial charge < -0.3 is 4.90 Å². The smallest absolute Gasteiger partial charge is 0.253 e. The van der Waals surface area contributed by atoms with E-state index in [1.54, 1.807) is 36.3 Å². The highest BCUT2D eigenvalue weighted by Gasteiger charge is 2.33. The highest BCUT2D eigenvalue weighted by atomic mass is 32.2. The second-order valence-electron chi connectivity index (χ2n) is 6.44. The lowest BCUT2D eigenvalue weighted by Gasteiger charge is -2.22. The van der Waals surface area contributed by atoms with Gasteiger partial charge in [-0.25, -0.2) is 8.42 Å². The molecular formula is C18H21N3O3S. The van der Waals surface area contributed by atoms with Crippen LogP contribution in [0.4, 0.5) is 5.69 Å². The number of hydrogen-bond acceptors (Lipinski definition) is 4. The molecular weight excluding hydrogens is 338 g/mol. The summed E-state index contributed by atoms with van der Waals surface area (Å²) in [5.74, 6) is -0.112. The van der Waals surface area contributed by atoms with Gasteiger partial charge in [0.15, 0.2) is 0 Å². The van der Waals surface area contributed by atoms with Gasteiger partial charge in [0.05, 0.1) is 24.2 Å². The Morgan fingerprint density at radius 2 is 2.08 bits per heavy atom. The van der Waals surface area contributed by atoms with Crippen molar-refractivity contribution in [1.82, 2.24) is 9.88 Å². The molecule has 1 aromatic heterocycles. The number of aromatic nitrogens is 1. The fourth-order valence-electron chi connectivity index (χ4n) is 3.27. The minimum atomic E-state index is -3.33. The van der Waals surface area contributed by atoms with E-state index in [0.717, 1.165) is 11.3 Å². The van der Waals surface area contributed by atoms with Crippen molar-refractivity contribution in [2.24, 2.45) is 0 Å². The average Bonchev–Trinajstić information content (AvgIpc) is 2.89. The Morgan fingerprint density at radius 1 is 1.32 bits per heavy atom. The molecule has 7 heteroatoms. The third-order valence-corrected chi connectivity index (χ3v) is 5.58. The lowest BCUT2D eigenvalue weighted by molar-refractivity contribution is 0.0783. The summed E-state index contributed by atoms with van der Waals surface area (Å²) in [5.41, 5.74) is 2.92. The third kappa shape index (κ3) is 3.51. The number of anilines is 1. The maximum Gasteiger partial charge on any atom is 0.253 e. The molecule has 1 aliphatic heterocycles. The molecule has 2 aromatic rings. The number of sulfonamides is 1. The Balaban J connectivity index is 1.83. The molecule has 132 valence electrons. The molecule has 3 rings (SSSR count). The summed E-state index contributed by atoms with van der Waals surface area (Å²) in [6, 6.07) is 10.7. The highest BCUT2D eigenvalue weighted by molar-refractivity contribution is 7.92. The number of rotatable bonds is 4. The highest BCUT2D eigenvalue weighted by Crippen LogP contribution is 2.34. The summed E-state index contributed by atoms with van der Waals surface area (Å²) in [6.45, 7) is 2.29. The van der Waals surface area contributed by atoms with Crippen LogP contribution in [0.5, 0.6) is 0 Å². The predicted molar refractivity (Wildman–Crippen MR) is 97.0 cm³/mol. The SMILES string of the molecule is CC1Cc2cc(C(=O)N(C)Cc3ccccn3)ccc2N1S(C)(=O)=O. The van der Waals surface area contributed by atoms with Crippen molar-refractivity contribution in [2.45, 2.75) is 25.9 Å². The van der Waals surface area contributed by atoms with Crippen molar-refractivity contribution in [2.75, 3.05) is 17.6 Å². The van der Waals surface area contributed by atoms with Gasteiger partial charge in [-0.15, -0.1) is 0 Å². The largest absolute Gasteiger partial charge is 0.336 e. The van der Waals surface area contributed by atoms with Gasteiger partial charge in [-0.3, -0.25) is 14.1 Å². The van der Waals surface area contributed by atoms with E-state index in [-0.39, 0.29) is 11.9 Å². The fourth-order valence-corrected chi connectivity index (χ4v) is 4.53. The summed E-state index contributed by atoms with van der Waals surface area (Å²) in [4.78, 5) is 18.5. The Kier molecular flexibility index (Phi) is 4.51. The summed E-state index contributed by atoms with van der Waals surface area (Å²) in [6.07, 6.45) is 3.51. The molecule has 0 aliphatic carbocycles. The molecule has 0 saturated carbocycles. The van der Waals surface area contributed by atoms with E-state index in [1.165, 1.54) is 10.6 Å². The fraction of sp³-hybridized carbons (Fsp3) is 0.333. The molecule has 0 saturated heterocycles. The molecule has 1 amide bonds. The summed E-state index contributed by atoms with van der Waals surface area (Å²) in [5, 5.41) is 0.